The molecule has 0 bridgehead atoms. The first kappa shape index (κ1) is 8.80. The van der Waals surface area contributed by atoms with Gasteiger partial charge in [0.25, 0.3) is 5.91 Å². The molecule has 4 nitrogen and oxygen atoms in total. The molecule has 0 radical (unpaired) electrons. The Morgan fingerprint density at radius 1 is 1.67 bits per heavy atom. The second-order valence-corrected chi connectivity index (χ2v) is 2.45. The highest BCUT2D eigenvalue weighted by Crippen LogP contribution is 2.05. The van der Waals surface area contributed by atoms with Crippen molar-refractivity contribution in [3.8, 4) is 0 Å². The number of hydrogen-bond donors (Lipinski definition) is 2. The van der Waals surface area contributed by atoms with Crippen LogP contribution in [0.3, 0.4) is 0 Å². The van der Waals surface area contributed by atoms with Crippen molar-refractivity contribution in [2.75, 3.05) is 13.1 Å². The summed E-state index contributed by atoms with van der Waals surface area (Å²) in [4.78, 5) is 11.2. The molecule has 1 aromatic heterocycles. The molecule has 1 rings (SSSR count). The molecule has 0 aliphatic rings. The van der Waals surface area contributed by atoms with Crippen molar-refractivity contribution >= 4 is 5.91 Å². The van der Waals surface area contributed by atoms with Crippen LogP contribution in [0, 0.1) is 6.92 Å². The van der Waals surface area contributed by atoms with Crippen LogP contribution in [0.1, 0.15) is 16.3 Å². The first-order chi connectivity index (χ1) is 5.74. The van der Waals surface area contributed by atoms with Gasteiger partial charge in [0.2, 0.25) is 0 Å². The van der Waals surface area contributed by atoms with Gasteiger partial charge in [-0.15, -0.1) is 0 Å². The lowest BCUT2D eigenvalue weighted by Gasteiger charge is -1.98. The fourth-order valence-electron chi connectivity index (χ4n) is 0.829. The molecule has 3 N–H and O–H groups in total. The Hall–Kier alpha value is -1.29. The summed E-state index contributed by atoms with van der Waals surface area (Å²) in [5.41, 5.74) is 5.21. The maximum atomic E-state index is 11.2. The quantitative estimate of drug-likeness (QED) is 0.681. The number of nitrogens with one attached hydrogen (secondary N) is 1. The van der Waals surface area contributed by atoms with Gasteiger partial charge in [0, 0.05) is 13.1 Å². The average Bonchev–Trinajstić information content (AvgIpc) is 2.47. The fourth-order valence-corrected chi connectivity index (χ4v) is 0.829. The highest BCUT2D eigenvalue weighted by molar-refractivity contribution is 5.91. The zero-order valence-corrected chi connectivity index (χ0v) is 6.96. The van der Waals surface area contributed by atoms with Crippen LogP contribution >= 0.6 is 0 Å². The van der Waals surface area contributed by atoms with E-state index in [1.165, 1.54) is 0 Å². The number of amides is 1. The van der Waals surface area contributed by atoms with Gasteiger partial charge in [-0.3, -0.25) is 4.79 Å². The summed E-state index contributed by atoms with van der Waals surface area (Å²) in [5, 5.41) is 2.60. The Balaban J connectivity index is 2.53. The molecule has 0 saturated carbocycles. The van der Waals surface area contributed by atoms with Gasteiger partial charge in [-0.1, -0.05) is 0 Å². The zero-order chi connectivity index (χ0) is 8.97. The van der Waals surface area contributed by atoms with Gasteiger partial charge >= 0.3 is 0 Å². The third-order valence-corrected chi connectivity index (χ3v) is 1.39. The van der Waals surface area contributed by atoms with Gasteiger partial charge in [0.1, 0.15) is 5.76 Å². The second-order valence-electron chi connectivity index (χ2n) is 2.45. The maximum absolute atomic E-state index is 11.2. The number of carbonyl (C=O) groups is 1. The first-order valence-electron chi connectivity index (χ1n) is 3.78. The Morgan fingerprint density at radius 3 is 2.92 bits per heavy atom. The number of hydrogen-bond acceptors (Lipinski definition) is 3. The highest BCUT2D eigenvalue weighted by atomic mass is 16.3. The third kappa shape index (κ3) is 2.10. The topological polar surface area (TPSA) is 68.3 Å². The van der Waals surface area contributed by atoms with Gasteiger partial charge in [-0.2, -0.15) is 0 Å². The minimum Gasteiger partial charge on any atom is -0.456 e. The van der Waals surface area contributed by atoms with Gasteiger partial charge in [-0.25, -0.2) is 0 Å². The van der Waals surface area contributed by atoms with Gasteiger partial charge in [0.15, 0.2) is 5.76 Å². The van der Waals surface area contributed by atoms with Crippen molar-refractivity contribution in [2.45, 2.75) is 6.92 Å². The first-order valence-corrected chi connectivity index (χ1v) is 3.78. The summed E-state index contributed by atoms with van der Waals surface area (Å²) in [7, 11) is 0. The molecule has 1 heterocycles. The molecule has 0 atom stereocenters. The standard InChI is InChI=1S/C8H12N2O2/c1-6-2-3-7(12-6)8(11)10-5-4-9/h2-3H,4-5,9H2,1H3,(H,10,11). The van der Waals surface area contributed by atoms with E-state index >= 15 is 0 Å². The highest BCUT2D eigenvalue weighted by Gasteiger charge is 2.07. The lowest BCUT2D eigenvalue weighted by Crippen LogP contribution is -2.28. The summed E-state index contributed by atoms with van der Waals surface area (Å²) in [6, 6.07) is 3.39. The van der Waals surface area contributed by atoms with E-state index in [1.807, 2.05) is 0 Å². The summed E-state index contributed by atoms with van der Waals surface area (Å²) in [6.45, 7) is 2.70. The molecule has 0 unspecified atom stereocenters. The largest absolute Gasteiger partial charge is 0.456 e. The molecule has 4 heteroatoms. The normalized spacial score (nSPS) is 9.83. The Labute approximate surface area is 70.7 Å². The second kappa shape index (κ2) is 3.92. The summed E-state index contributed by atoms with van der Waals surface area (Å²) >= 11 is 0. The molecular weight excluding hydrogens is 156 g/mol. The van der Waals surface area contributed by atoms with Crippen molar-refractivity contribution in [3.05, 3.63) is 23.7 Å². The Morgan fingerprint density at radius 2 is 2.42 bits per heavy atom. The van der Waals surface area contributed by atoms with Crippen LogP contribution in [-0.4, -0.2) is 19.0 Å². The third-order valence-electron chi connectivity index (χ3n) is 1.39. The monoisotopic (exact) mass is 168 g/mol. The average molecular weight is 168 g/mol. The van der Waals surface area contributed by atoms with E-state index in [1.54, 1.807) is 19.1 Å². The molecule has 0 saturated heterocycles. The number of aryl methyl sites for hydroxylation is 1. The van der Waals surface area contributed by atoms with Crippen LogP contribution in [0.4, 0.5) is 0 Å². The van der Waals surface area contributed by atoms with E-state index in [9.17, 15) is 4.79 Å². The van der Waals surface area contributed by atoms with Crippen LogP contribution in [0.15, 0.2) is 16.5 Å². The van der Waals surface area contributed by atoms with Crippen molar-refractivity contribution in [1.82, 2.24) is 5.32 Å². The predicted molar refractivity (Wildman–Crippen MR) is 44.8 cm³/mol. The lowest BCUT2D eigenvalue weighted by atomic mass is 10.4. The maximum Gasteiger partial charge on any atom is 0.287 e. The van der Waals surface area contributed by atoms with Crippen molar-refractivity contribution < 1.29 is 9.21 Å². The van der Waals surface area contributed by atoms with Crippen molar-refractivity contribution in [3.63, 3.8) is 0 Å². The van der Waals surface area contributed by atoms with Crippen LogP contribution in [0.25, 0.3) is 0 Å². The predicted octanol–water partition coefficient (Wildman–Crippen LogP) is 0.277. The molecule has 1 aromatic rings. The van der Waals surface area contributed by atoms with Crippen molar-refractivity contribution in [2.24, 2.45) is 5.73 Å². The SMILES string of the molecule is Cc1ccc(C(=O)NCCN)o1. The van der Waals surface area contributed by atoms with Gasteiger partial charge in [-0.05, 0) is 19.1 Å². The number of nitrogens with two attached hydrogens (primary N) is 1. The van der Waals surface area contributed by atoms with E-state index in [2.05, 4.69) is 5.32 Å². The minimum absolute atomic E-state index is 0.214. The van der Waals surface area contributed by atoms with E-state index in [4.69, 9.17) is 10.2 Å². The smallest absolute Gasteiger partial charge is 0.287 e. The molecule has 66 valence electrons. The summed E-state index contributed by atoms with van der Waals surface area (Å²) in [5.74, 6) is 0.849. The van der Waals surface area contributed by atoms with Crippen molar-refractivity contribution in [1.29, 1.82) is 0 Å². The van der Waals surface area contributed by atoms with Gasteiger partial charge < -0.3 is 15.5 Å². The van der Waals surface area contributed by atoms with E-state index in [0.717, 1.165) is 5.76 Å². The molecule has 0 fully saturated rings. The summed E-state index contributed by atoms with van der Waals surface area (Å²) < 4.78 is 5.09. The molecule has 12 heavy (non-hydrogen) atoms. The Kier molecular flexibility index (Phi) is 2.88. The summed E-state index contributed by atoms with van der Waals surface area (Å²) in [6.07, 6.45) is 0. The molecule has 0 aliphatic heterocycles. The lowest BCUT2D eigenvalue weighted by molar-refractivity contribution is 0.0926. The van der Waals surface area contributed by atoms with Crippen LogP contribution in [0.5, 0.6) is 0 Å². The van der Waals surface area contributed by atoms with Crippen LogP contribution in [-0.2, 0) is 0 Å². The van der Waals surface area contributed by atoms with E-state index in [-0.39, 0.29) is 5.91 Å². The molecule has 0 spiro atoms. The zero-order valence-electron chi connectivity index (χ0n) is 6.96. The minimum atomic E-state index is -0.214. The molecular formula is C8H12N2O2. The molecule has 0 aliphatic carbocycles. The van der Waals surface area contributed by atoms with Crippen LogP contribution in [0.2, 0.25) is 0 Å². The Bertz CT molecular complexity index is 268. The number of rotatable bonds is 3. The number of carbonyl (C=O) groups excluding carboxylic acids is 1. The van der Waals surface area contributed by atoms with Crippen LogP contribution < -0.4 is 11.1 Å². The molecule has 0 aromatic carbocycles. The number of furan rings is 1. The fraction of sp³-hybridized carbons (Fsp3) is 0.375. The van der Waals surface area contributed by atoms with E-state index in [0.29, 0.717) is 18.8 Å². The van der Waals surface area contributed by atoms with E-state index < -0.39 is 0 Å². The van der Waals surface area contributed by atoms with Gasteiger partial charge in [0.05, 0.1) is 0 Å². The molecule has 1 amide bonds.